The van der Waals surface area contributed by atoms with Crippen LogP contribution in [-0.2, 0) is 4.79 Å². The topological polar surface area (TPSA) is 136 Å². The summed E-state index contributed by atoms with van der Waals surface area (Å²) in [4.78, 5) is 40.2. The number of hydrogen-bond donors (Lipinski definition) is 3. The quantitative estimate of drug-likeness (QED) is 0.0419. The highest BCUT2D eigenvalue weighted by Gasteiger charge is 2.25. The maximum atomic E-state index is 14.3. The lowest BCUT2D eigenvalue weighted by Crippen LogP contribution is -2.19. The fourth-order valence-corrected chi connectivity index (χ4v) is 7.70. The lowest BCUT2D eigenvalue weighted by molar-refractivity contribution is -0.116. The Morgan fingerprint density at radius 3 is 2.09 bits per heavy atom. The number of fused-ring (bicyclic) bond motifs is 1. The van der Waals surface area contributed by atoms with Crippen molar-refractivity contribution < 1.29 is 14.3 Å². The van der Waals surface area contributed by atoms with Gasteiger partial charge in [-0.2, -0.15) is 0 Å². The number of halogens is 4. The molecule has 2 heterocycles. The smallest absolute Gasteiger partial charge is 0.343 e. The van der Waals surface area contributed by atoms with Crippen LogP contribution in [0.15, 0.2) is 83.7 Å². The van der Waals surface area contributed by atoms with Gasteiger partial charge in [0.1, 0.15) is 17.0 Å². The van der Waals surface area contributed by atoms with Gasteiger partial charge in [-0.25, -0.2) is 14.2 Å². The number of hydrogen-bond acceptors (Lipinski definition) is 7. The third-order valence-electron chi connectivity index (χ3n) is 9.44. The molecule has 0 aliphatic carbocycles. The third-order valence-corrected chi connectivity index (χ3v) is 10.5. The molecule has 0 radical (unpaired) electrons. The number of esters is 1. The number of amides is 1. The molecule has 3 N–H and O–H groups in total. The van der Waals surface area contributed by atoms with Crippen LogP contribution in [-0.4, -0.2) is 36.7 Å². The van der Waals surface area contributed by atoms with Crippen LogP contribution in [0.25, 0.3) is 22.4 Å². The Morgan fingerprint density at radius 1 is 0.754 bits per heavy atom. The Kier molecular flexibility index (Phi) is 14.7. The van der Waals surface area contributed by atoms with Crippen LogP contribution in [0.5, 0.6) is 5.75 Å². The lowest BCUT2D eigenvalue weighted by atomic mass is 10.1. The summed E-state index contributed by atoms with van der Waals surface area (Å²) in [6.45, 7) is 2.24. The maximum absolute atomic E-state index is 14.3. The van der Waals surface area contributed by atoms with Crippen molar-refractivity contribution in [2.24, 2.45) is 0 Å². The number of carbonyl (C=O) groups excluding carboxylic acids is 2. The van der Waals surface area contributed by atoms with Gasteiger partial charge in [-0.05, 0) is 67.1 Å². The van der Waals surface area contributed by atoms with E-state index in [0.717, 1.165) is 23.9 Å². The summed E-state index contributed by atoms with van der Waals surface area (Å²) in [6, 6.07) is 21.3. The van der Waals surface area contributed by atoms with Crippen molar-refractivity contribution in [1.82, 2.24) is 24.8 Å². The fourth-order valence-electron chi connectivity index (χ4n) is 6.49. The monoisotopic (exact) mass is 849 g/mol. The predicted molar refractivity (Wildman–Crippen MR) is 230 cm³/mol. The normalized spacial score (nSPS) is 11.2. The summed E-state index contributed by atoms with van der Waals surface area (Å²) in [5.74, 6) is -0.189. The summed E-state index contributed by atoms with van der Waals surface area (Å²) < 4.78 is 7.98. The van der Waals surface area contributed by atoms with Gasteiger partial charge in [0.25, 0.3) is 5.56 Å². The van der Waals surface area contributed by atoms with E-state index in [-0.39, 0.29) is 48.8 Å². The second kappa shape index (κ2) is 20.1. The van der Waals surface area contributed by atoms with Crippen molar-refractivity contribution in [3.05, 3.63) is 115 Å². The van der Waals surface area contributed by atoms with E-state index in [2.05, 4.69) is 33.0 Å². The van der Waals surface area contributed by atoms with Crippen molar-refractivity contribution in [2.45, 2.75) is 84.0 Å². The molecule has 1 amide bonds. The SMILES string of the molecule is CCCCCCCCCCCCCC(=O)Nc1ccc(Nc2[nH]n(-c3c(Cl)cc(Cl)cc3Cl)c(=O)c2-n2nnc3ccc(C(=O)Oc4ccccc4)cc32)c(Cl)c1. The second-order valence-electron chi connectivity index (χ2n) is 13.8. The number of unbranched alkanes of at least 4 members (excludes halogenated alkanes) is 10. The molecule has 57 heavy (non-hydrogen) atoms. The number of H-pyrrole nitrogens is 1. The minimum Gasteiger partial charge on any atom is -0.423 e. The van der Waals surface area contributed by atoms with Crippen molar-refractivity contribution in [3.63, 3.8) is 0 Å². The minimum absolute atomic E-state index is 0.0198. The van der Waals surface area contributed by atoms with Crippen molar-refractivity contribution >= 4 is 86.5 Å². The average Bonchev–Trinajstić information content (AvgIpc) is 3.74. The van der Waals surface area contributed by atoms with E-state index < -0.39 is 11.5 Å². The van der Waals surface area contributed by atoms with Gasteiger partial charge in [0.05, 0.1) is 31.8 Å². The number of nitrogens with zero attached hydrogens (tertiary/aromatic N) is 4. The molecule has 0 spiro atoms. The Morgan fingerprint density at radius 2 is 1.42 bits per heavy atom. The molecule has 0 bridgehead atoms. The van der Waals surface area contributed by atoms with E-state index in [1.165, 1.54) is 74.2 Å². The molecule has 15 heteroatoms. The van der Waals surface area contributed by atoms with Gasteiger partial charge in [-0.1, -0.05) is 141 Å². The number of ether oxygens (including phenoxy) is 1. The predicted octanol–water partition coefficient (Wildman–Crippen LogP) is 12.1. The van der Waals surface area contributed by atoms with Gasteiger partial charge in [-0.3, -0.25) is 14.7 Å². The van der Waals surface area contributed by atoms with Gasteiger partial charge >= 0.3 is 5.97 Å². The van der Waals surface area contributed by atoms with Crippen LogP contribution < -0.4 is 20.9 Å². The number of benzene rings is 4. The Balaban J connectivity index is 1.20. The van der Waals surface area contributed by atoms with Crippen molar-refractivity contribution in [1.29, 1.82) is 0 Å². The highest BCUT2D eigenvalue weighted by atomic mass is 35.5. The number of rotatable bonds is 19. The molecule has 0 fully saturated rings. The van der Waals surface area contributed by atoms with E-state index >= 15 is 0 Å². The average molecular weight is 852 g/mol. The van der Waals surface area contributed by atoms with Crippen LogP contribution in [0.1, 0.15) is 94.3 Å². The first kappa shape index (κ1) is 41.8. The summed E-state index contributed by atoms with van der Waals surface area (Å²) in [6.07, 6.45) is 13.7. The lowest BCUT2D eigenvalue weighted by Gasteiger charge is -2.12. The van der Waals surface area contributed by atoms with Crippen molar-refractivity contribution in [3.8, 4) is 17.1 Å². The molecule has 4 aromatic carbocycles. The molecule has 0 atom stereocenters. The summed E-state index contributed by atoms with van der Waals surface area (Å²) in [7, 11) is 0. The van der Waals surface area contributed by atoms with Crippen molar-refractivity contribution in [2.75, 3.05) is 10.6 Å². The molecule has 0 aliphatic rings. The molecule has 0 saturated carbocycles. The minimum atomic E-state index is -0.616. The summed E-state index contributed by atoms with van der Waals surface area (Å²) in [5.41, 5.74) is 1.37. The van der Waals surface area contributed by atoms with Gasteiger partial charge in [-0.15, -0.1) is 5.10 Å². The van der Waals surface area contributed by atoms with Gasteiger partial charge in [0.2, 0.25) is 5.91 Å². The molecule has 298 valence electrons. The van der Waals surface area contributed by atoms with E-state index in [4.69, 9.17) is 51.1 Å². The molecular formula is C42H43Cl4N7O4. The fraction of sp³-hybridized carbons (Fsp3) is 0.310. The number of aromatic amines is 1. The molecule has 6 aromatic rings. The summed E-state index contributed by atoms with van der Waals surface area (Å²) in [5, 5.41) is 18.4. The number of para-hydroxylation sites is 1. The highest BCUT2D eigenvalue weighted by Crippen LogP contribution is 2.34. The molecule has 6 rings (SSSR count). The number of aromatic nitrogens is 5. The van der Waals surface area contributed by atoms with Gasteiger partial charge in [0.15, 0.2) is 11.5 Å². The molecule has 0 aliphatic heterocycles. The molecular weight excluding hydrogens is 808 g/mol. The number of carbonyl (C=O) groups is 2. The standard InChI is InChI=1S/C42H43Cl4N7O4/c1-2-3-4-5-6-7-8-9-10-11-15-18-37(54)47-29-20-22-34(31(44)26-29)48-40-39(41(55)53(50-40)38-32(45)24-28(43)25-33(38)46)52-36-23-27(19-21-35(36)49-51-52)42(56)57-30-16-13-12-14-17-30/h12-14,16-17,19-26,48,50H,2-11,15,18H2,1H3,(H,47,54). The second-order valence-corrected chi connectivity index (χ2v) is 15.4. The molecule has 11 nitrogen and oxygen atoms in total. The first-order chi connectivity index (χ1) is 27.6. The number of nitrogens with one attached hydrogen (secondary N) is 3. The highest BCUT2D eigenvalue weighted by molar-refractivity contribution is 6.40. The van der Waals surface area contributed by atoms with E-state index in [0.29, 0.717) is 34.6 Å². The Bertz CT molecular complexity index is 2370. The van der Waals surface area contributed by atoms with E-state index in [1.807, 2.05) is 6.07 Å². The zero-order valence-electron chi connectivity index (χ0n) is 31.4. The first-order valence-electron chi connectivity index (χ1n) is 19.1. The van der Waals surface area contributed by atoms with E-state index in [9.17, 15) is 14.4 Å². The van der Waals surface area contributed by atoms with Crippen LogP contribution in [0, 0.1) is 0 Å². The first-order valence-corrected chi connectivity index (χ1v) is 20.6. The van der Waals surface area contributed by atoms with Crippen LogP contribution >= 0.6 is 46.4 Å². The van der Waals surface area contributed by atoms with E-state index in [1.54, 1.807) is 54.6 Å². The largest absolute Gasteiger partial charge is 0.423 e. The Labute approximate surface area is 350 Å². The Hall–Kier alpha value is -4.81. The zero-order valence-corrected chi connectivity index (χ0v) is 34.4. The van der Waals surface area contributed by atoms with Crippen LogP contribution in [0.2, 0.25) is 20.1 Å². The van der Waals surface area contributed by atoms with Gasteiger partial charge in [0, 0.05) is 17.1 Å². The molecule has 0 unspecified atom stereocenters. The summed E-state index contributed by atoms with van der Waals surface area (Å²) >= 11 is 26.1. The maximum Gasteiger partial charge on any atom is 0.343 e. The van der Waals surface area contributed by atoms with Gasteiger partial charge < -0.3 is 15.4 Å². The molecule has 2 aromatic heterocycles. The number of anilines is 3. The van der Waals surface area contributed by atoms with Crippen LogP contribution in [0.4, 0.5) is 17.2 Å². The zero-order chi connectivity index (χ0) is 40.3. The van der Waals surface area contributed by atoms with Crippen LogP contribution in [0.3, 0.4) is 0 Å². The molecule has 0 saturated heterocycles. The third kappa shape index (κ3) is 10.8.